The van der Waals surface area contributed by atoms with E-state index < -0.39 is 6.10 Å². The first-order valence-electron chi connectivity index (χ1n) is 6.20. The average Bonchev–Trinajstić information content (AvgIpc) is 2.53. The fourth-order valence-corrected chi connectivity index (χ4v) is 2.78. The summed E-state index contributed by atoms with van der Waals surface area (Å²) in [6.07, 6.45) is -0.893. The zero-order valence-corrected chi connectivity index (χ0v) is 13.2. The Hall–Kier alpha value is -2.03. The van der Waals surface area contributed by atoms with Crippen LogP contribution >= 0.6 is 15.9 Å². The number of hydrogen-bond acceptors (Lipinski definition) is 4. The molecule has 4 nitrogen and oxygen atoms in total. The van der Waals surface area contributed by atoms with Crippen LogP contribution in [-0.4, -0.2) is 19.3 Å². The van der Waals surface area contributed by atoms with Gasteiger partial charge in [-0.05, 0) is 45.8 Å². The Morgan fingerprint density at radius 3 is 2.57 bits per heavy atom. The zero-order valence-electron chi connectivity index (χ0n) is 11.6. The van der Waals surface area contributed by atoms with Crippen LogP contribution in [0.4, 0.5) is 0 Å². The van der Waals surface area contributed by atoms with E-state index in [1.165, 1.54) is 7.11 Å². The summed E-state index contributed by atoms with van der Waals surface area (Å²) in [4.78, 5) is 0. The lowest BCUT2D eigenvalue weighted by Crippen LogP contribution is -2.04. The van der Waals surface area contributed by atoms with Gasteiger partial charge in [0.2, 0.25) is 0 Å². The molecular formula is C16H14BrNO3. The van der Waals surface area contributed by atoms with Crippen LogP contribution in [-0.2, 0) is 0 Å². The molecule has 1 atom stereocenters. The van der Waals surface area contributed by atoms with E-state index in [0.29, 0.717) is 32.7 Å². The fraction of sp³-hybridized carbons (Fsp3) is 0.188. The molecule has 0 fully saturated rings. The highest BCUT2D eigenvalue weighted by molar-refractivity contribution is 9.10. The minimum Gasteiger partial charge on any atom is -0.495 e. The molecule has 0 aliphatic rings. The molecule has 5 heteroatoms. The Kier molecular flexibility index (Phi) is 4.84. The van der Waals surface area contributed by atoms with Gasteiger partial charge < -0.3 is 14.6 Å². The number of nitrogens with zero attached hydrogens (tertiary/aromatic N) is 1. The number of halogens is 1. The normalized spacial score (nSPS) is 11.6. The first kappa shape index (κ1) is 15.4. The van der Waals surface area contributed by atoms with E-state index in [1.807, 2.05) is 0 Å². The van der Waals surface area contributed by atoms with Crippen LogP contribution in [0.25, 0.3) is 0 Å². The molecular weight excluding hydrogens is 334 g/mol. The lowest BCUT2D eigenvalue weighted by Gasteiger charge is -2.18. The Labute approximate surface area is 131 Å². The van der Waals surface area contributed by atoms with Crippen LogP contribution in [0.5, 0.6) is 11.5 Å². The molecule has 2 rings (SSSR count). The average molecular weight is 348 g/mol. The summed E-state index contributed by atoms with van der Waals surface area (Å²) >= 11 is 3.41. The number of aliphatic hydroxyl groups excluding tert-OH is 1. The molecule has 1 unspecified atom stereocenters. The number of nitriles is 1. The number of ether oxygens (including phenoxy) is 2. The minimum atomic E-state index is -0.893. The molecule has 0 heterocycles. The molecule has 21 heavy (non-hydrogen) atoms. The van der Waals surface area contributed by atoms with Crippen LogP contribution in [0.3, 0.4) is 0 Å². The van der Waals surface area contributed by atoms with E-state index in [9.17, 15) is 5.11 Å². The SMILES string of the molecule is COc1ccc(C(O)c2cccc(C#N)c2)c(OC)c1Br. The molecule has 0 amide bonds. The molecule has 0 aliphatic carbocycles. The van der Waals surface area contributed by atoms with Crippen molar-refractivity contribution in [1.29, 1.82) is 5.26 Å². The molecule has 0 saturated heterocycles. The topological polar surface area (TPSA) is 62.5 Å². The third-order valence-electron chi connectivity index (χ3n) is 3.14. The first-order valence-corrected chi connectivity index (χ1v) is 7.00. The van der Waals surface area contributed by atoms with E-state index in [0.717, 1.165) is 0 Å². The lowest BCUT2D eigenvalue weighted by atomic mass is 9.99. The van der Waals surface area contributed by atoms with Gasteiger partial charge in [-0.15, -0.1) is 0 Å². The number of rotatable bonds is 4. The van der Waals surface area contributed by atoms with Crippen molar-refractivity contribution in [3.05, 3.63) is 57.6 Å². The summed E-state index contributed by atoms with van der Waals surface area (Å²) < 4.78 is 11.2. The smallest absolute Gasteiger partial charge is 0.142 e. The maximum atomic E-state index is 10.6. The summed E-state index contributed by atoms with van der Waals surface area (Å²) in [7, 11) is 3.09. The molecule has 2 aromatic carbocycles. The molecule has 2 aromatic rings. The summed E-state index contributed by atoms with van der Waals surface area (Å²) in [5.41, 5.74) is 1.72. The van der Waals surface area contributed by atoms with Crippen molar-refractivity contribution in [2.24, 2.45) is 0 Å². The predicted octanol–water partition coefficient (Wildman–Crippen LogP) is 3.42. The van der Waals surface area contributed by atoms with Gasteiger partial charge in [-0.1, -0.05) is 12.1 Å². The van der Waals surface area contributed by atoms with E-state index in [2.05, 4.69) is 22.0 Å². The van der Waals surface area contributed by atoms with Crippen LogP contribution in [0, 0.1) is 11.3 Å². The largest absolute Gasteiger partial charge is 0.495 e. The third kappa shape index (κ3) is 3.02. The number of hydrogen-bond donors (Lipinski definition) is 1. The van der Waals surface area contributed by atoms with E-state index >= 15 is 0 Å². The van der Waals surface area contributed by atoms with Crippen molar-refractivity contribution >= 4 is 15.9 Å². The minimum absolute atomic E-state index is 0.498. The van der Waals surface area contributed by atoms with Crippen LogP contribution in [0.2, 0.25) is 0 Å². The Morgan fingerprint density at radius 2 is 1.95 bits per heavy atom. The van der Waals surface area contributed by atoms with Crippen molar-refractivity contribution in [2.75, 3.05) is 14.2 Å². The van der Waals surface area contributed by atoms with Gasteiger partial charge in [0, 0.05) is 5.56 Å². The molecule has 0 aromatic heterocycles. The molecule has 0 bridgehead atoms. The Balaban J connectivity index is 2.50. The number of aliphatic hydroxyl groups is 1. The van der Waals surface area contributed by atoms with Crippen LogP contribution in [0.1, 0.15) is 22.8 Å². The van der Waals surface area contributed by atoms with Gasteiger partial charge in [-0.25, -0.2) is 0 Å². The molecule has 0 saturated carbocycles. The predicted molar refractivity (Wildman–Crippen MR) is 82.5 cm³/mol. The fourth-order valence-electron chi connectivity index (χ4n) is 2.09. The van der Waals surface area contributed by atoms with Gasteiger partial charge in [-0.2, -0.15) is 5.26 Å². The second-order valence-electron chi connectivity index (χ2n) is 4.34. The van der Waals surface area contributed by atoms with E-state index in [1.54, 1.807) is 43.5 Å². The molecule has 0 radical (unpaired) electrons. The van der Waals surface area contributed by atoms with Crippen molar-refractivity contribution in [3.63, 3.8) is 0 Å². The molecule has 1 N–H and O–H groups in total. The highest BCUT2D eigenvalue weighted by Crippen LogP contribution is 2.41. The van der Waals surface area contributed by atoms with Crippen molar-refractivity contribution < 1.29 is 14.6 Å². The molecule has 0 aliphatic heterocycles. The monoisotopic (exact) mass is 347 g/mol. The third-order valence-corrected chi connectivity index (χ3v) is 3.89. The highest BCUT2D eigenvalue weighted by Gasteiger charge is 2.20. The number of benzene rings is 2. The number of methoxy groups -OCH3 is 2. The maximum Gasteiger partial charge on any atom is 0.142 e. The zero-order chi connectivity index (χ0) is 15.4. The van der Waals surface area contributed by atoms with E-state index in [-0.39, 0.29) is 0 Å². The van der Waals surface area contributed by atoms with Crippen LogP contribution in [0.15, 0.2) is 40.9 Å². The second kappa shape index (κ2) is 6.61. The first-order chi connectivity index (χ1) is 10.1. The molecule has 0 spiro atoms. The van der Waals surface area contributed by atoms with Gasteiger partial charge in [0.15, 0.2) is 0 Å². The van der Waals surface area contributed by atoms with Crippen molar-refractivity contribution in [3.8, 4) is 17.6 Å². The summed E-state index contributed by atoms with van der Waals surface area (Å²) in [5.74, 6) is 1.12. The quantitative estimate of drug-likeness (QED) is 0.920. The molecule has 108 valence electrons. The summed E-state index contributed by atoms with van der Waals surface area (Å²) in [6.45, 7) is 0. The lowest BCUT2D eigenvalue weighted by molar-refractivity contribution is 0.214. The highest BCUT2D eigenvalue weighted by atomic mass is 79.9. The van der Waals surface area contributed by atoms with Gasteiger partial charge in [0.05, 0.1) is 25.9 Å². The summed E-state index contributed by atoms with van der Waals surface area (Å²) in [6, 6.07) is 12.4. The standard InChI is InChI=1S/C16H14BrNO3/c1-20-13-7-6-12(16(21-2)14(13)17)15(19)11-5-3-4-10(8-11)9-18/h3-8,15,19H,1-2H3. The van der Waals surface area contributed by atoms with Gasteiger partial charge in [-0.3, -0.25) is 0 Å². The van der Waals surface area contributed by atoms with Gasteiger partial charge in [0.1, 0.15) is 22.1 Å². The Morgan fingerprint density at radius 1 is 1.19 bits per heavy atom. The summed E-state index contributed by atoms with van der Waals surface area (Å²) in [5, 5.41) is 19.5. The maximum absolute atomic E-state index is 10.6. The van der Waals surface area contributed by atoms with Gasteiger partial charge >= 0.3 is 0 Å². The van der Waals surface area contributed by atoms with Gasteiger partial charge in [0.25, 0.3) is 0 Å². The van der Waals surface area contributed by atoms with Crippen molar-refractivity contribution in [1.82, 2.24) is 0 Å². The van der Waals surface area contributed by atoms with Crippen molar-refractivity contribution in [2.45, 2.75) is 6.10 Å². The van der Waals surface area contributed by atoms with E-state index in [4.69, 9.17) is 14.7 Å². The Bertz CT molecular complexity index is 694. The van der Waals surface area contributed by atoms with Crippen LogP contribution < -0.4 is 9.47 Å². The second-order valence-corrected chi connectivity index (χ2v) is 5.14.